The van der Waals surface area contributed by atoms with Gasteiger partial charge >= 0.3 is 0 Å². The molecule has 1 radical (unpaired) electrons. The van der Waals surface area contributed by atoms with E-state index in [9.17, 15) is 0 Å². The van der Waals surface area contributed by atoms with Gasteiger partial charge in [-0.3, -0.25) is 0 Å². The van der Waals surface area contributed by atoms with Crippen LogP contribution in [0, 0.1) is 11.8 Å². The average molecular weight is 123 g/mol. The molecule has 9 heavy (non-hydrogen) atoms. The van der Waals surface area contributed by atoms with Gasteiger partial charge in [-0.1, -0.05) is 26.0 Å². The predicted molar refractivity (Wildman–Crippen MR) is 41.1 cm³/mol. The maximum absolute atomic E-state index is 2.30. The molecule has 0 fully saturated rings. The summed E-state index contributed by atoms with van der Waals surface area (Å²) in [6.45, 7) is 4.54. The van der Waals surface area contributed by atoms with E-state index < -0.39 is 0 Å². The summed E-state index contributed by atoms with van der Waals surface area (Å²) >= 11 is 0. The van der Waals surface area contributed by atoms with Gasteiger partial charge in [0.25, 0.3) is 0 Å². The van der Waals surface area contributed by atoms with Crippen molar-refractivity contribution >= 4 is 0 Å². The molecule has 1 rings (SSSR count). The van der Waals surface area contributed by atoms with Crippen molar-refractivity contribution in [1.29, 1.82) is 0 Å². The zero-order valence-electron chi connectivity index (χ0n) is 6.35. The molecule has 0 heterocycles. The van der Waals surface area contributed by atoms with Crippen molar-refractivity contribution in [1.82, 2.24) is 0 Å². The fourth-order valence-corrected chi connectivity index (χ4v) is 1.22. The third-order valence-corrected chi connectivity index (χ3v) is 1.91. The van der Waals surface area contributed by atoms with Crippen molar-refractivity contribution in [3.8, 4) is 0 Å². The third kappa shape index (κ3) is 1.85. The highest BCUT2D eigenvalue weighted by Gasteiger charge is 2.11. The Morgan fingerprint density at radius 3 is 2.56 bits per heavy atom. The Hall–Kier alpha value is -0.260. The van der Waals surface area contributed by atoms with Crippen molar-refractivity contribution in [2.24, 2.45) is 5.92 Å². The molecule has 0 nitrogen and oxygen atoms in total. The van der Waals surface area contributed by atoms with E-state index in [1.807, 2.05) is 0 Å². The molecule has 0 atom stereocenters. The highest BCUT2D eigenvalue weighted by molar-refractivity contribution is 5.14. The van der Waals surface area contributed by atoms with Gasteiger partial charge < -0.3 is 0 Å². The third-order valence-electron chi connectivity index (χ3n) is 1.91. The van der Waals surface area contributed by atoms with Crippen LogP contribution in [0.3, 0.4) is 0 Å². The molecule has 51 valence electrons. The molecule has 0 saturated heterocycles. The molecular weight excluding hydrogens is 108 g/mol. The Bertz CT molecular complexity index is 101. The first-order valence-electron chi connectivity index (χ1n) is 3.83. The van der Waals surface area contributed by atoms with Crippen molar-refractivity contribution in [2.45, 2.75) is 33.1 Å². The molecule has 0 heteroatoms. The predicted octanol–water partition coefficient (Wildman–Crippen LogP) is 2.96. The van der Waals surface area contributed by atoms with Gasteiger partial charge in [0.1, 0.15) is 0 Å². The van der Waals surface area contributed by atoms with E-state index in [4.69, 9.17) is 0 Å². The van der Waals surface area contributed by atoms with Crippen LogP contribution in [0.4, 0.5) is 0 Å². The summed E-state index contributed by atoms with van der Waals surface area (Å²) in [6, 6.07) is 0. The molecule has 0 amide bonds. The normalized spacial score (nSPS) is 21.2. The summed E-state index contributed by atoms with van der Waals surface area (Å²) < 4.78 is 0. The first-order chi connectivity index (χ1) is 4.30. The van der Waals surface area contributed by atoms with E-state index in [1.165, 1.54) is 19.3 Å². The Kier molecular flexibility index (Phi) is 2.32. The van der Waals surface area contributed by atoms with Crippen LogP contribution in [-0.4, -0.2) is 0 Å². The van der Waals surface area contributed by atoms with Gasteiger partial charge in [-0.25, -0.2) is 0 Å². The smallest absolute Gasteiger partial charge is 0.000181 e. The van der Waals surface area contributed by atoms with Crippen LogP contribution in [0.25, 0.3) is 0 Å². The van der Waals surface area contributed by atoms with E-state index in [2.05, 4.69) is 26.0 Å². The van der Waals surface area contributed by atoms with Crippen LogP contribution in [0.15, 0.2) is 12.2 Å². The number of allylic oxidation sites excluding steroid dienone is 2. The second-order valence-electron chi connectivity index (χ2n) is 3.02. The number of hydrogen-bond donors (Lipinski definition) is 0. The van der Waals surface area contributed by atoms with Crippen molar-refractivity contribution in [2.75, 3.05) is 0 Å². The summed E-state index contributed by atoms with van der Waals surface area (Å²) in [5.41, 5.74) is 0. The first-order valence-corrected chi connectivity index (χ1v) is 3.83. The van der Waals surface area contributed by atoms with Gasteiger partial charge in [-0.05, 0) is 31.1 Å². The minimum absolute atomic E-state index is 0.765. The SMILES string of the molecule is CC(C)[C]1C=CCCC1. The van der Waals surface area contributed by atoms with E-state index in [0.29, 0.717) is 0 Å². The number of rotatable bonds is 1. The average Bonchev–Trinajstić information content (AvgIpc) is 1.90. The summed E-state index contributed by atoms with van der Waals surface area (Å²) in [4.78, 5) is 0. The second-order valence-corrected chi connectivity index (χ2v) is 3.02. The lowest BCUT2D eigenvalue weighted by Crippen LogP contribution is -2.05. The zero-order valence-corrected chi connectivity index (χ0v) is 6.35. The monoisotopic (exact) mass is 123 g/mol. The van der Waals surface area contributed by atoms with Crippen molar-refractivity contribution in [3.63, 3.8) is 0 Å². The van der Waals surface area contributed by atoms with Crippen LogP contribution in [-0.2, 0) is 0 Å². The maximum atomic E-state index is 2.30. The molecule has 0 aromatic heterocycles. The summed E-state index contributed by atoms with van der Waals surface area (Å²) in [5.74, 6) is 2.39. The van der Waals surface area contributed by atoms with Crippen molar-refractivity contribution in [3.05, 3.63) is 18.1 Å². The summed E-state index contributed by atoms with van der Waals surface area (Å²) in [7, 11) is 0. The molecular formula is C9H15. The Balaban J connectivity index is 2.40. The molecule has 1 aliphatic rings. The minimum atomic E-state index is 0.765. The topological polar surface area (TPSA) is 0 Å². The van der Waals surface area contributed by atoms with E-state index in [1.54, 1.807) is 5.92 Å². The standard InChI is InChI=1S/C9H15/c1-8(2)9-6-4-3-5-7-9/h4,6,8H,3,5,7H2,1-2H3. The quantitative estimate of drug-likeness (QED) is 0.503. The minimum Gasteiger partial charge on any atom is -0.0879 e. The van der Waals surface area contributed by atoms with Gasteiger partial charge in [0.2, 0.25) is 0 Å². The Morgan fingerprint density at radius 1 is 1.44 bits per heavy atom. The Labute approximate surface area is 58.0 Å². The molecule has 1 aliphatic carbocycles. The van der Waals surface area contributed by atoms with E-state index in [-0.39, 0.29) is 0 Å². The fraction of sp³-hybridized carbons (Fsp3) is 0.667. The molecule has 0 N–H and O–H groups in total. The first kappa shape index (κ1) is 6.85. The molecule has 0 unspecified atom stereocenters. The van der Waals surface area contributed by atoms with Gasteiger partial charge in [-0.15, -0.1) is 0 Å². The lowest BCUT2D eigenvalue weighted by Gasteiger charge is -2.18. The molecule has 0 aromatic rings. The lowest BCUT2D eigenvalue weighted by atomic mass is 9.87. The van der Waals surface area contributed by atoms with Crippen LogP contribution in [0.2, 0.25) is 0 Å². The Morgan fingerprint density at radius 2 is 2.22 bits per heavy atom. The van der Waals surface area contributed by atoms with Crippen LogP contribution in [0.1, 0.15) is 33.1 Å². The van der Waals surface area contributed by atoms with Gasteiger partial charge in [0.05, 0.1) is 0 Å². The van der Waals surface area contributed by atoms with E-state index >= 15 is 0 Å². The van der Waals surface area contributed by atoms with Crippen LogP contribution in [0.5, 0.6) is 0 Å². The van der Waals surface area contributed by atoms with E-state index in [0.717, 1.165) is 5.92 Å². The highest BCUT2D eigenvalue weighted by Crippen LogP contribution is 2.25. The van der Waals surface area contributed by atoms with Gasteiger partial charge in [0, 0.05) is 0 Å². The van der Waals surface area contributed by atoms with Gasteiger partial charge in [-0.2, -0.15) is 0 Å². The highest BCUT2D eigenvalue weighted by atomic mass is 14.2. The zero-order chi connectivity index (χ0) is 6.69. The van der Waals surface area contributed by atoms with Crippen molar-refractivity contribution < 1.29 is 0 Å². The van der Waals surface area contributed by atoms with Crippen LogP contribution < -0.4 is 0 Å². The summed E-state index contributed by atoms with van der Waals surface area (Å²) in [5, 5.41) is 0. The maximum Gasteiger partial charge on any atom is -0.000181 e. The molecule has 0 aliphatic heterocycles. The summed E-state index contributed by atoms with van der Waals surface area (Å²) in [6.07, 6.45) is 8.57. The second kappa shape index (κ2) is 3.05. The lowest BCUT2D eigenvalue weighted by molar-refractivity contribution is 0.601. The molecule has 0 spiro atoms. The molecule has 0 aromatic carbocycles. The number of hydrogen-bond acceptors (Lipinski definition) is 0. The fourth-order valence-electron chi connectivity index (χ4n) is 1.22. The van der Waals surface area contributed by atoms with Gasteiger partial charge in [0.15, 0.2) is 0 Å². The molecule has 0 bridgehead atoms. The largest absolute Gasteiger partial charge is 0.0879 e. The molecule has 0 saturated carbocycles. The van der Waals surface area contributed by atoms with Crippen LogP contribution >= 0.6 is 0 Å².